The smallest absolute Gasteiger partial charge is 0.471 e. The van der Waals surface area contributed by atoms with Crippen molar-refractivity contribution < 1.29 is 22.7 Å². The van der Waals surface area contributed by atoms with Gasteiger partial charge in [-0.15, -0.1) is 0 Å². The van der Waals surface area contributed by atoms with Gasteiger partial charge in [0, 0.05) is 15.8 Å². The van der Waals surface area contributed by atoms with Crippen LogP contribution in [-0.4, -0.2) is 25.2 Å². The minimum atomic E-state index is -4.86. The molecule has 1 amide bonds. The highest BCUT2D eigenvalue weighted by Gasteiger charge is 2.39. The average Bonchev–Trinajstić information content (AvgIpc) is 2.56. The van der Waals surface area contributed by atoms with Gasteiger partial charge in [-0.1, -0.05) is 30.0 Å². The Kier molecular flexibility index (Phi) is 6.36. The number of carbonyl (C=O) groups is 1. The summed E-state index contributed by atoms with van der Waals surface area (Å²) in [4.78, 5) is 13.0. The molecular formula is C18H18F3NO2S. The second-order valence-corrected chi connectivity index (χ2v) is 6.65. The molecule has 1 atom stereocenters. The number of rotatable bonds is 6. The van der Waals surface area contributed by atoms with Crippen LogP contribution in [0.15, 0.2) is 58.3 Å². The van der Waals surface area contributed by atoms with Gasteiger partial charge < -0.3 is 10.1 Å². The van der Waals surface area contributed by atoms with E-state index in [0.29, 0.717) is 6.42 Å². The third-order valence-corrected chi connectivity index (χ3v) is 4.37. The van der Waals surface area contributed by atoms with Crippen molar-refractivity contribution >= 4 is 17.7 Å². The highest BCUT2D eigenvalue weighted by molar-refractivity contribution is 7.99. The van der Waals surface area contributed by atoms with Gasteiger partial charge in [-0.3, -0.25) is 4.79 Å². The molecule has 2 rings (SSSR count). The molecule has 0 aliphatic rings. The summed E-state index contributed by atoms with van der Waals surface area (Å²) in [7, 11) is 1.61. The number of benzene rings is 2. The van der Waals surface area contributed by atoms with Crippen LogP contribution in [0.1, 0.15) is 12.5 Å². The van der Waals surface area contributed by atoms with Gasteiger partial charge in [-0.25, -0.2) is 0 Å². The first-order chi connectivity index (χ1) is 11.8. The van der Waals surface area contributed by atoms with Gasteiger partial charge in [0.1, 0.15) is 5.75 Å². The van der Waals surface area contributed by atoms with E-state index in [1.165, 1.54) is 0 Å². The molecule has 2 aromatic rings. The molecular weight excluding hydrogens is 351 g/mol. The zero-order valence-corrected chi connectivity index (χ0v) is 14.6. The Labute approximate surface area is 148 Å². The summed E-state index contributed by atoms with van der Waals surface area (Å²) in [6, 6.07) is 14.5. The summed E-state index contributed by atoms with van der Waals surface area (Å²) in [6.07, 6.45) is -4.53. The van der Waals surface area contributed by atoms with Crippen LogP contribution in [0.3, 0.4) is 0 Å². The molecule has 25 heavy (non-hydrogen) atoms. The van der Waals surface area contributed by atoms with Crippen molar-refractivity contribution in [2.45, 2.75) is 35.4 Å². The van der Waals surface area contributed by atoms with Crippen LogP contribution >= 0.6 is 11.8 Å². The fraction of sp³-hybridized carbons (Fsp3) is 0.278. The molecule has 7 heteroatoms. The minimum absolute atomic E-state index is 0.325. The van der Waals surface area contributed by atoms with Gasteiger partial charge in [0.05, 0.1) is 7.11 Å². The molecule has 0 aliphatic carbocycles. The van der Waals surface area contributed by atoms with Crippen LogP contribution < -0.4 is 10.1 Å². The molecule has 0 unspecified atom stereocenters. The minimum Gasteiger partial charge on any atom is -0.497 e. The van der Waals surface area contributed by atoms with Crippen LogP contribution in [-0.2, 0) is 11.2 Å². The van der Waals surface area contributed by atoms with Gasteiger partial charge in [0.15, 0.2) is 0 Å². The van der Waals surface area contributed by atoms with Crippen LogP contribution in [0, 0.1) is 0 Å². The number of carbonyl (C=O) groups excluding carboxylic acids is 1. The number of alkyl halides is 3. The first-order valence-electron chi connectivity index (χ1n) is 7.56. The van der Waals surface area contributed by atoms with Gasteiger partial charge >= 0.3 is 12.1 Å². The number of hydrogen-bond acceptors (Lipinski definition) is 3. The number of halogens is 3. The summed E-state index contributed by atoms with van der Waals surface area (Å²) >= 11 is 1.56. The summed E-state index contributed by atoms with van der Waals surface area (Å²) in [6.45, 7) is 1.54. The second-order valence-electron chi connectivity index (χ2n) is 5.50. The Morgan fingerprint density at radius 1 is 1.16 bits per heavy atom. The van der Waals surface area contributed by atoms with Crippen LogP contribution in [0.5, 0.6) is 5.75 Å². The lowest BCUT2D eigenvalue weighted by atomic mass is 10.1. The molecule has 0 radical (unpaired) electrons. The van der Waals surface area contributed by atoms with Crippen LogP contribution in [0.2, 0.25) is 0 Å². The molecule has 0 saturated heterocycles. The molecule has 134 valence electrons. The number of hydrogen-bond donors (Lipinski definition) is 1. The normalized spacial score (nSPS) is 12.5. The summed E-state index contributed by atoms with van der Waals surface area (Å²) in [5.74, 6) is -1.14. The molecule has 2 aromatic carbocycles. The maximum absolute atomic E-state index is 12.2. The lowest BCUT2D eigenvalue weighted by Gasteiger charge is -2.15. The number of ether oxygens (including phenoxy) is 1. The van der Waals surface area contributed by atoms with E-state index in [2.05, 4.69) is 0 Å². The molecule has 3 nitrogen and oxygen atoms in total. The van der Waals surface area contributed by atoms with E-state index < -0.39 is 18.1 Å². The van der Waals surface area contributed by atoms with E-state index >= 15 is 0 Å². The molecule has 0 heterocycles. The first kappa shape index (κ1) is 19.2. The Balaban J connectivity index is 1.94. The van der Waals surface area contributed by atoms with Gasteiger partial charge in [0.25, 0.3) is 0 Å². The predicted molar refractivity (Wildman–Crippen MR) is 90.9 cm³/mol. The molecule has 1 N–H and O–H groups in total. The monoisotopic (exact) mass is 369 g/mol. The van der Waals surface area contributed by atoms with Crippen molar-refractivity contribution in [3.63, 3.8) is 0 Å². The SMILES string of the molecule is COc1cccc(Sc2ccc(C[C@@H](C)NC(=O)C(F)(F)F)cc2)c1. The lowest BCUT2D eigenvalue weighted by Crippen LogP contribution is -2.42. The molecule has 0 spiro atoms. The maximum atomic E-state index is 12.2. The lowest BCUT2D eigenvalue weighted by molar-refractivity contribution is -0.174. The number of amides is 1. The first-order valence-corrected chi connectivity index (χ1v) is 8.38. The molecule has 0 fully saturated rings. The summed E-state index contributed by atoms with van der Waals surface area (Å²) < 4.78 is 41.9. The Hall–Kier alpha value is -2.15. The van der Waals surface area contributed by atoms with E-state index in [1.807, 2.05) is 53.8 Å². The summed E-state index contributed by atoms with van der Waals surface area (Å²) in [5, 5.41) is 1.95. The van der Waals surface area contributed by atoms with Gasteiger partial charge in [-0.2, -0.15) is 13.2 Å². The van der Waals surface area contributed by atoms with Crippen molar-refractivity contribution in [3.8, 4) is 5.75 Å². The zero-order valence-electron chi connectivity index (χ0n) is 13.8. The highest BCUT2D eigenvalue weighted by atomic mass is 32.2. The second kappa shape index (κ2) is 8.29. The van der Waals surface area contributed by atoms with Gasteiger partial charge in [0.2, 0.25) is 0 Å². The van der Waals surface area contributed by atoms with Gasteiger partial charge in [-0.05, 0) is 49.2 Å². The van der Waals surface area contributed by atoms with E-state index in [0.717, 1.165) is 21.1 Å². The number of methoxy groups -OCH3 is 1. The Morgan fingerprint density at radius 2 is 1.84 bits per heavy atom. The average molecular weight is 369 g/mol. The third kappa shape index (κ3) is 6.01. The van der Waals surface area contributed by atoms with Crippen molar-refractivity contribution in [2.24, 2.45) is 0 Å². The Morgan fingerprint density at radius 3 is 2.44 bits per heavy atom. The van der Waals surface area contributed by atoms with Crippen molar-refractivity contribution in [2.75, 3.05) is 7.11 Å². The molecule has 0 aromatic heterocycles. The quantitative estimate of drug-likeness (QED) is 0.817. The number of nitrogens with one attached hydrogen (secondary N) is 1. The fourth-order valence-corrected chi connectivity index (χ4v) is 3.07. The zero-order chi connectivity index (χ0) is 18.4. The van der Waals surface area contributed by atoms with E-state index in [9.17, 15) is 18.0 Å². The summed E-state index contributed by atoms with van der Waals surface area (Å²) in [5.41, 5.74) is 0.852. The molecule has 0 aliphatic heterocycles. The third-order valence-electron chi connectivity index (χ3n) is 3.38. The van der Waals surface area contributed by atoms with E-state index in [1.54, 1.807) is 25.8 Å². The van der Waals surface area contributed by atoms with Crippen LogP contribution in [0.25, 0.3) is 0 Å². The maximum Gasteiger partial charge on any atom is 0.471 e. The van der Waals surface area contributed by atoms with Crippen LogP contribution in [0.4, 0.5) is 13.2 Å². The van der Waals surface area contributed by atoms with Crippen molar-refractivity contribution in [1.29, 1.82) is 0 Å². The topological polar surface area (TPSA) is 38.3 Å². The van der Waals surface area contributed by atoms with Crippen molar-refractivity contribution in [1.82, 2.24) is 5.32 Å². The largest absolute Gasteiger partial charge is 0.497 e. The fourth-order valence-electron chi connectivity index (χ4n) is 2.20. The Bertz CT molecular complexity index is 717. The van der Waals surface area contributed by atoms with E-state index in [-0.39, 0.29) is 0 Å². The van der Waals surface area contributed by atoms with E-state index in [4.69, 9.17) is 4.74 Å². The standard InChI is InChI=1S/C18H18F3NO2S/c1-12(22-17(23)18(19,20)21)10-13-6-8-15(9-7-13)25-16-5-3-4-14(11-16)24-2/h3-9,11-12H,10H2,1-2H3,(H,22,23)/t12-/m1/s1. The highest BCUT2D eigenvalue weighted by Crippen LogP contribution is 2.30. The predicted octanol–water partition coefficient (Wildman–Crippen LogP) is 4.46. The van der Waals surface area contributed by atoms with Crippen molar-refractivity contribution in [3.05, 3.63) is 54.1 Å². The molecule has 0 saturated carbocycles. The molecule has 0 bridgehead atoms.